The minimum absolute atomic E-state index is 0.0223. The van der Waals surface area contributed by atoms with Crippen molar-refractivity contribution >= 4 is 11.9 Å². The van der Waals surface area contributed by atoms with E-state index < -0.39 is 5.97 Å². The average molecular weight is 360 g/mol. The van der Waals surface area contributed by atoms with Gasteiger partial charge in [0.15, 0.2) is 0 Å². The van der Waals surface area contributed by atoms with Gasteiger partial charge in [-0.05, 0) is 48.7 Å². The minimum atomic E-state index is -1.09. The molecule has 0 aliphatic heterocycles. The Balaban J connectivity index is 0.000000260. The minimum Gasteiger partial charge on any atom is -0.508 e. The van der Waals surface area contributed by atoms with Crippen molar-refractivity contribution < 1.29 is 29.6 Å². The molecular weight excluding hydrogens is 336 g/mol. The molecule has 140 valence electrons. The number of carboxylic acid groups (broad SMARTS) is 1. The molecule has 0 aromatic heterocycles. The highest BCUT2D eigenvalue weighted by molar-refractivity contribution is 5.91. The maximum atomic E-state index is 11.2. The standard InChI is InChI=1S/2C10H12O3/c1-2-7-13-10(12)8-3-5-9(11)6-4-8;1-2-4-7-5-3-6-8(9(7)11)10(12)13/h3-6,11H,2,7H2,1H3;3,5-6,11H,2,4H2,1H3,(H,12,13). The number of ether oxygens (including phenoxy) is 1. The lowest BCUT2D eigenvalue weighted by atomic mass is 10.1. The number of benzene rings is 2. The van der Waals surface area contributed by atoms with Gasteiger partial charge in [-0.3, -0.25) is 0 Å². The first-order valence-corrected chi connectivity index (χ1v) is 8.41. The fourth-order valence-electron chi connectivity index (χ4n) is 2.11. The van der Waals surface area contributed by atoms with Crippen molar-refractivity contribution in [2.45, 2.75) is 33.1 Å². The summed E-state index contributed by atoms with van der Waals surface area (Å²) in [5.41, 5.74) is 1.14. The summed E-state index contributed by atoms with van der Waals surface area (Å²) in [4.78, 5) is 21.8. The number of aromatic hydroxyl groups is 2. The molecule has 0 saturated carbocycles. The highest BCUT2D eigenvalue weighted by atomic mass is 16.5. The fourth-order valence-corrected chi connectivity index (χ4v) is 2.11. The van der Waals surface area contributed by atoms with Crippen LogP contribution in [0.2, 0.25) is 0 Å². The van der Waals surface area contributed by atoms with Crippen LogP contribution in [-0.2, 0) is 11.2 Å². The predicted octanol–water partition coefficient (Wildman–Crippen LogP) is 4.00. The Morgan fingerprint density at radius 3 is 2.15 bits per heavy atom. The monoisotopic (exact) mass is 360 g/mol. The Labute approximate surface area is 152 Å². The summed E-state index contributed by atoms with van der Waals surface area (Å²) >= 11 is 0. The quantitative estimate of drug-likeness (QED) is 0.673. The average Bonchev–Trinajstić information content (AvgIpc) is 2.62. The Bertz CT molecular complexity index is 722. The van der Waals surface area contributed by atoms with Gasteiger partial charge in [0.25, 0.3) is 0 Å². The highest BCUT2D eigenvalue weighted by Gasteiger charge is 2.11. The Kier molecular flexibility index (Phi) is 8.70. The van der Waals surface area contributed by atoms with Gasteiger partial charge in [0, 0.05) is 0 Å². The zero-order valence-electron chi connectivity index (χ0n) is 14.9. The third kappa shape index (κ3) is 6.47. The zero-order valence-corrected chi connectivity index (χ0v) is 14.9. The molecule has 0 atom stereocenters. The molecule has 0 radical (unpaired) electrons. The largest absolute Gasteiger partial charge is 0.508 e. The number of aryl methyl sites for hydroxylation is 1. The Morgan fingerprint density at radius 1 is 0.962 bits per heavy atom. The van der Waals surface area contributed by atoms with E-state index in [9.17, 15) is 14.7 Å². The van der Waals surface area contributed by atoms with Gasteiger partial charge in [0.1, 0.15) is 17.1 Å². The molecule has 26 heavy (non-hydrogen) atoms. The maximum Gasteiger partial charge on any atom is 0.339 e. The maximum absolute atomic E-state index is 11.2. The van der Waals surface area contributed by atoms with Gasteiger partial charge < -0.3 is 20.1 Å². The number of aromatic carboxylic acids is 1. The van der Waals surface area contributed by atoms with Crippen molar-refractivity contribution in [2.24, 2.45) is 0 Å². The van der Waals surface area contributed by atoms with Crippen LogP contribution in [0.5, 0.6) is 11.5 Å². The summed E-state index contributed by atoms with van der Waals surface area (Å²) in [7, 11) is 0. The van der Waals surface area contributed by atoms with Gasteiger partial charge in [0.2, 0.25) is 0 Å². The first kappa shape index (κ1) is 21.0. The predicted molar refractivity (Wildman–Crippen MR) is 97.7 cm³/mol. The highest BCUT2D eigenvalue weighted by Crippen LogP contribution is 2.23. The molecule has 0 spiro atoms. The molecule has 0 unspecified atom stereocenters. The summed E-state index contributed by atoms with van der Waals surface area (Å²) in [6, 6.07) is 10.8. The van der Waals surface area contributed by atoms with Crippen molar-refractivity contribution in [3.63, 3.8) is 0 Å². The number of esters is 1. The van der Waals surface area contributed by atoms with E-state index in [2.05, 4.69) is 0 Å². The number of phenolic OH excluding ortho intramolecular Hbond substituents is 1. The number of para-hydroxylation sites is 1. The molecule has 6 nitrogen and oxygen atoms in total. The number of hydrogen-bond acceptors (Lipinski definition) is 5. The number of carboxylic acids is 1. The molecule has 0 bridgehead atoms. The van der Waals surface area contributed by atoms with Gasteiger partial charge in [-0.25, -0.2) is 9.59 Å². The first-order chi connectivity index (χ1) is 12.4. The van der Waals surface area contributed by atoms with Crippen LogP contribution in [0.4, 0.5) is 0 Å². The molecule has 0 amide bonds. The van der Waals surface area contributed by atoms with Crippen LogP contribution in [0.3, 0.4) is 0 Å². The molecule has 0 saturated heterocycles. The van der Waals surface area contributed by atoms with E-state index in [0.717, 1.165) is 12.8 Å². The molecule has 0 aliphatic carbocycles. The zero-order chi connectivity index (χ0) is 19.5. The second-order valence-corrected chi connectivity index (χ2v) is 5.55. The van der Waals surface area contributed by atoms with Gasteiger partial charge in [-0.15, -0.1) is 0 Å². The third-order valence-electron chi connectivity index (χ3n) is 3.41. The fraction of sp³-hybridized carbons (Fsp3) is 0.300. The second-order valence-electron chi connectivity index (χ2n) is 5.55. The summed E-state index contributed by atoms with van der Waals surface area (Å²) < 4.78 is 4.90. The summed E-state index contributed by atoms with van der Waals surface area (Å²) in [5.74, 6) is -1.39. The van der Waals surface area contributed by atoms with Crippen molar-refractivity contribution in [3.05, 3.63) is 59.2 Å². The van der Waals surface area contributed by atoms with Crippen LogP contribution in [0.15, 0.2) is 42.5 Å². The molecule has 0 fully saturated rings. The van der Waals surface area contributed by atoms with E-state index in [1.165, 1.54) is 30.3 Å². The molecular formula is C20H24O6. The lowest BCUT2D eigenvalue weighted by Gasteiger charge is -2.04. The third-order valence-corrected chi connectivity index (χ3v) is 3.41. The lowest BCUT2D eigenvalue weighted by molar-refractivity contribution is 0.0504. The Hall–Kier alpha value is -3.02. The van der Waals surface area contributed by atoms with Crippen molar-refractivity contribution in [1.82, 2.24) is 0 Å². The first-order valence-electron chi connectivity index (χ1n) is 8.41. The van der Waals surface area contributed by atoms with Gasteiger partial charge in [-0.2, -0.15) is 0 Å². The molecule has 0 aliphatic rings. The SMILES string of the molecule is CCCOC(=O)c1ccc(O)cc1.CCCc1cccc(C(=O)O)c1O. The normalized spacial score (nSPS) is 9.77. The van der Waals surface area contributed by atoms with E-state index in [1.54, 1.807) is 12.1 Å². The van der Waals surface area contributed by atoms with Crippen LogP contribution >= 0.6 is 0 Å². The molecule has 3 N–H and O–H groups in total. The number of phenols is 2. The van der Waals surface area contributed by atoms with Crippen LogP contribution in [0.25, 0.3) is 0 Å². The van der Waals surface area contributed by atoms with Crippen molar-refractivity contribution in [3.8, 4) is 11.5 Å². The smallest absolute Gasteiger partial charge is 0.339 e. The van der Waals surface area contributed by atoms with E-state index in [0.29, 0.717) is 24.2 Å². The molecule has 2 rings (SSSR count). The van der Waals surface area contributed by atoms with E-state index in [1.807, 2.05) is 13.8 Å². The summed E-state index contributed by atoms with van der Waals surface area (Å²) in [5, 5.41) is 27.2. The van der Waals surface area contributed by atoms with Crippen LogP contribution in [-0.4, -0.2) is 33.9 Å². The Morgan fingerprint density at radius 2 is 1.62 bits per heavy atom. The van der Waals surface area contributed by atoms with Crippen LogP contribution in [0, 0.1) is 0 Å². The van der Waals surface area contributed by atoms with Gasteiger partial charge >= 0.3 is 11.9 Å². The lowest BCUT2D eigenvalue weighted by Crippen LogP contribution is -2.05. The topological polar surface area (TPSA) is 104 Å². The van der Waals surface area contributed by atoms with E-state index in [-0.39, 0.29) is 23.0 Å². The molecule has 2 aromatic rings. The number of hydrogen-bond donors (Lipinski definition) is 3. The summed E-state index contributed by atoms with van der Waals surface area (Å²) in [6.07, 6.45) is 2.40. The van der Waals surface area contributed by atoms with Gasteiger partial charge in [-0.1, -0.05) is 32.4 Å². The van der Waals surface area contributed by atoms with Crippen molar-refractivity contribution in [2.75, 3.05) is 6.61 Å². The molecule has 2 aromatic carbocycles. The number of carbonyl (C=O) groups excluding carboxylic acids is 1. The van der Waals surface area contributed by atoms with E-state index in [4.69, 9.17) is 14.9 Å². The van der Waals surface area contributed by atoms with Crippen LogP contribution in [0.1, 0.15) is 53.0 Å². The number of carbonyl (C=O) groups is 2. The van der Waals surface area contributed by atoms with E-state index >= 15 is 0 Å². The second kappa shape index (κ2) is 10.8. The summed E-state index contributed by atoms with van der Waals surface area (Å²) in [6.45, 7) is 4.34. The molecule has 6 heteroatoms. The molecule has 0 heterocycles. The van der Waals surface area contributed by atoms with Gasteiger partial charge in [0.05, 0.1) is 12.2 Å². The van der Waals surface area contributed by atoms with Crippen molar-refractivity contribution in [1.29, 1.82) is 0 Å². The van der Waals surface area contributed by atoms with Crippen LogP contribution < -0.4 is 0 Å². The number of rotatable bonds is 6.